The van der Waals surface area contributed by atoms with E-state index in [-0.39, 0.29) is 35.0 Å². The number of ether oxygens (including phenoxy) is 2. The summed E-state index contributed by atoms with van der Waals surface area (Å²) in [7, 11) is 1.69. The fourth-order valence-electron chi connectivity index (χ4n) is 9.41. The molecular formula is C44H58BrN3O7. The van der Waals surface area contributed by atoms with Gasteiger partial charge in [-0.1, -0.05) is 110 Å². The molecule has 0 saturated carbocycles. The molecule has 9 atom stereocenters. The zero-order chi connectivity index (χ0) is 40.5. The first kappa shape index (κ1) is 42.3. The monoisotopic (exact) mass is 819 g/mol. The van der Waals surface area contributed by atoms with E-state index in [2.05, 4.69) is 49.9 Å². The lowest BCUT2D eigenvalue weighted by molar-refractivity contribution is -0.165. The quantitative estimate of drug-likeness (QED) is 0.113. The normalized spacial score (nSPS) is 26.2. The summed E-state index contributed by atoms with van der Waals surface area (Å²) >= 11 is 3.79. The van der Waals surface area contributed by atoms with E-state index in [1.165, 1.54) is 4.90 Å². The van der Waals surface area contributed by atoms with E-state index in [1.807, 2.05) is 81.4 Å². The van der Waals surface area contributed by atoms with Gasteiger partial charge in [0.05, 0.1) is 36.6 Å². The maximum Gasteiger partial charge on any atom is 0.313 e. The zero-order valence-corrected chi connectivity index (χ0v) is 34.9. The molecule has 3 aliphatic rings. The van der Waals surface area contributed by atoms with Crippen molar-refractivity contribution in [3.63, 3.8) is 0 Å². The van der Waals surface area contributed by atoms with E-state index in [4.69, 9.17) is 9.47 Å². The number of carbonyl (C=O) groups excluding carboxylic acids is 4. The molecule has 0 aromatic heterocycles. The van der Waals surface area contributed by atoms with Gasteiger partial charge in [-0.25, -0.2) is 0 Å². The first-order chi connectivity index (χ1) is 25.9. The Labute approximate surface area is 335 Å². The molecule has 0 aliphatic carbocycles. The Kier molecular flexibility index (Phi) is 12.9. The zero-order valence-electron chi connectivity index (χ0n) is 33.3. The molecule has 2 bridgehead atoms. The minimum Gasteiger partial charge on any atom is -0.455 e. The molecule has 1 spiro atoms. The predicted molar refractivity (Wildman–Crippen MR) is 216 cm³/mol. The molecule has 5 rings (SSSR count). The number of amides is 3. The van der Waals surface area contributed by atoms with E-state index in [0.29, 0.717) is 30.4 Å². The van der Waals surface area contributed by atoms with E-state index in [1.54, 1.807) is 29.0 Å². The first-order valence-electron chi connectivity index (χ1n) is 19.3. The van der Waals surface area contributed by atoms with Crippen molar-refractivity contribution in [1.29, 1.82) is 0 Å². The smallest absolute Gasteiger partial charge is 0.313 e. The molecule has 0 radical (unpaired) electrons. The summed E-state index contributed by atoms with van der Waals surface area (Å²) in [6, 6.07) is 15.8. The van der Waals surface area contributed by atoms with Crippen LogP contribution in [0.3, 0.4) is 0 Å². The van der Waals surface area contributed by atoms with Gasteiger partial charge in [-0.05, 0) is 56.6 Å². The van der Waals surface area contributed by atoms with Crippen molar-refractivity contribution >= 4 is 39.6 Å². The Balaban J connectivity index is 1.60. The maximum atomic E-state index is 15.4. The van der Waals surface area contributed by atoms with Crippen molar-refractivity contribution in [1.82, 2.24) is 14.7 Å². The number of rotatable bonds is 16. The van der Waals surface area contributed by atoms with Gasteiger partial charge in [0.15, 0.2) is 0 Å². The lowest BCUT2D eigenvalue weighted by atomic mass is 9.70. The third-order valence-corrected chi connectivity index (χ3v) is 12.4. The molecule has 11 heteroatoms. The number of alkyl halides is 1. The highest BCUT2D eigenvalue weighted by molar-refractivity contribution is 9.09. The summed E-state index contributed by atoms with van der Waals surface area (Å²) in [4.78, 5) is 63.0. The van der Waals surface area contributed by atoms with Gasteiger partial charge in [-0.2, -0.15) is 0 Å². The van der Waals surface area contributed by atoms with Crippen LogP contribution in [-0.2, 0) is 28.7 Å². The first-order valence-corrected chi connectivity index (χ1v) is 20.2. The van der Waals surface area contributed by atoms with E-state index < -0.39 is 71.8 Å². The minimum absolute atomic E-state index is 0.121. The van der Waals surface area contributed by atoms with E-state index in [0.717, 1.165) is 0 Å². The van der Waals surface area contributed by atoms with Crippen LogP contribution in [-0.4, -0.2) is 97.9 Å². The van der Waals surface area contributed by atoms with Gasteiger partial charge in [0.25, 0.3) is 0 Å². The average Bonchev–Trinajstić information content (AvgIpc) is 3.74. The molecule has 3 heterocycles. The van der Waals surface area contributed by atoms with Crippen molar-refractivity contribution in [3.05, 3.63) is 97.1 Å². The maximum absolute atomic E-state index is 15.4. The minimum atomic E-state index is -1.40. The Morgan fingerprint density at radius 1 is 1.04 bits per heavy atom. The largest absolute Gasteiger partial charge is 0.455 e. The summed E-state index contributed by atoms with van der Waals surface area (Å²) in [5.74, 6) is -3.68. The predicted octanol–water partition coefficient (Wildman–Crippen LogP) is 6.80. The van der Waals surface area contributed by atoms with Crippen LogP contribution < -0.4 is 0 Å². The van der Waals surface area contributed by atoms with E-state index >= 15 is 9.59 Å². The van der Waals surface area contributed by atoms with Crippen molar-refractivity contribution in [2.75, 3.05) is 20.2 Å². The highest BCUT2D eigenvalue weighted by Gasteiger charge is 2.78. The summed E-state index contributed by atoms with van der Waals surface area (Å²) in [5.41, 5.74) is -0.851. The second-order valence-electron chi connectivity index (χ2n) is 17.1. The van der Waals surface area contributed by atoms with Gasteiger partial charge in [0.1, 0.15) is 17.7 Å². The summed E-state index contributed by atoms with van der Waals surface area (Å²) < 4.78 is 13.3. The fourth-order valence-corrected chi connectivity index (χ4v) is 10.4. The average molecular weight is 821 g/mol. The Morgan fingerprint density at radius 3 is 2.18 bits per heavy atom. The number of likely N-dealkylation sites (N-methyl/N-ethyl adjacent to an activating group) is 1. The highest BCUT2D eigenvalue weighted by Crippen LogP contribution is 2.62. The van der Waals surface area contributed by atoms with Crippen LogP contribution in [0.1, 0.15) is 90.5 Å². The Morgan fingerprint density at radius 2 is 1.64 bits per heavy atom. The molecule has 2 aromatic rings. The molecule has 1 N–H and O–H groups in total. The van der Waals surface area contributed by atoms with Crippen LogP contribution in [0, 0.1) is 17.3 Å². The molecule has 298 valence electrons. The standard InChI is InChI=1S/C44H58BrN3O7/c1-10-12-23-33(50)46(9)28(3)36(30-21-17-14-18-22-30)54-41(53)34-35-39(51)48(32(26-49)29-19-15-13-16-20-29)38(44(35)25-31(45)37(34)55-44)40(52)47(24-11-2)43(7,8)27-42(4,5)6/h10-11,13-22,28,31-32,34-38,49H,1-2,12,23-27H2,3-9H3/t28-,31?,32-,34-,35+,36+,37-,38-,44+/m1/s1. The number of fused-ring (bicyclic) bond motifs is 1. The Hall–Kier alpha value is -3.80. The number of halogens is 1. The molecule has 3 fully saturated rings. The van der Waals surface area contributed by atoms with Crippen LogP contribution >= 0.6 is 15.9 Å². The van der Waals surface area contributed by atoms with Crippen LogP contribution in [0.4, 0.5) is 0 Å². The van der Waals surface area contributed by atoms with Crippen LogP contribution in [0.2, 0.25) is 0 Å². The second-order valence-corrected chi connectivity index (χ2v) is 18.3. The number of aliphatic hydroxyl groups excluding tert-OH is 1. The van der Waals surface area contributed by atoms with Crippen molar-refractivity contribution in [3.8, 4) is 0 Å². The van der Waals surface area contributed by atoms with Crippen molar-refractivity contribution in [2.24, 2.45) is 17.3 Å². The van der Waals surface area contributed by atoms with Crippen LogP contribution in [0.15, 0.2) is 86.0 Å². The van der Waals surface area contributed by atoms with Crippen LogP contribution in [0.25, 0.3) is 0 Å². The third-order valence-electron chi connectivity index (χ3n) is 11.6. The highest BCUT2D eigenvalue weighted by atomic mass is 79.9. The number of allylic oxidation sites excluding steroid dienone is 1. The number of hydrogen-bond donors (Lipinski definition) is 1. The SMILES string of the molecule is C=CCCC(=O)N(C)[C@H](C)[C@H](OC(=O)[C@H]1[C@@H]2O[C@@]3(CC2Br)[C@@H]1C(=O)N([C@H](CO)c1ccccc1)[C@@H]3C(=O)N(CC=C)C(C)(C)CC(C)(C)C)c1ccccc1. The molecule has 10 nitrogen and oxygen atoms in total. The summed E-state index contributed by atoms with van der Waals surface area (Å²) in [6.45, 7) is 19.7. The fraction of sp³-hybridized carbons (Fsp3) is 0.545. The van der Waals surface area contributed by atoms with Gasteiger partial charge in [0.2, 0.25) is 17.7 Å². The van der Waals surface area contributed by atoms with Gasteiger partial charge in [0, 0.05) is 30.4 Å². The van der Waals surface area contributed by atoms with Gasteiger partial charge in [-0.15, -0.1) is 13.2 Å². The lowest BCUT2D eigenvalue weighted by Gasteiger charge is -2.46. The van der Waals surface area contributed by atoms with Gasteiger partial charge in [-0.3, -0.25) is 19.2 Å². The number of esters is 1. The summed E-state index contributed by atoms with van der Waals surface area (Å²) in [6.07, 6.45) is 3.46. The summed E-state index contributed by atoms with van der Waals surface area (Å²) in [5, 5.41) is 11.0. The van der Waals surface area contributed by atoms with Crippen molar-refractivity contribution in [2.45, 2.75) is 114 Å². The number of likely N-dealkylation sites (tertiary alicyclic amines) is 1. The van der Waals surface area contributed by atoms with E-state index in [9.17, 15) is 14.7 Å². The molecule has 3 saturated heterocycles. The molecule has 2 aromatic carbocycles. The number of aliphatic hydroxyl groups is 1. The van der Waals surface area contributed by atoms with Crippen LogP contribution in [0.5, 0.6) is 0 Å². The van der Waals surface area contributed by atoms with Gasteiger partial charge < -0.3 is 29.3 Å². The number of carbonyl (C=O) groups is 4. The molecule has 3 amide bonds. The third kappa shape index (κ3) is 8.21. The second kappa shape index (κ2) is 16.7. The molecule has 55 heavy (non-hydrogen) atoms. The van der Waals surface area contributed by atoms with Gasteiger partial charge >= 0.3 is 5.97 Å². The Bertz CT molecular complexity index is 1730. The number of hydrogen-bond acceptors (Lipinski definition) is 7. The molecule has 3 aliphatic heterocycles. The topological polar surface area (TPSA) is 117 Å². The lowest BCUT2D eigenvalue weighted by Crippen LogP contribution is -2.61. The van der Waals surface area contributed by atoms with Crippen molar-refractivity contribution < 1.29 is 33.8 Å². The molecular weight excluding hydrogens is 762 g/mol. The number of nitrogens with zero attached hydrogens (tertiary/aromatic N) is 3. The number of benzene rings is 2. The molecule has 1 unspecified atom stereocenters.